The van der Waals surface area contributed by atoms with E-state index in [0.29, 0.717) is 0 Å². The first kappa shape index (κ1) is 8.84. The number of carboxylic acids is 1. The minimum atomic E-state index is -0.864. The van der Waals surface area contributed by atoms with Crippen LogP contribution in [-0.4, -0.2) is 11.1 Å². The standard InChI is InChI=1S/C9H12O3/c1-6-4-12-5-7(6)9(2,3)8(10)11/h4-5H,1-3H3,(H,10,11). The smallest absolute Gasteiger partial charge is 0.313 e. The van der Waals surface area contributed by atoms with Gasteiger partial charge in [0, 0.05) is 5.56 Å². The molecule has 0 aliphatic carbocycles. The summed E-state index contributed by atoms with van der Waals surface area (Å²) in [7, 11) is 0. The van der Waals surface area contributed by atoms with Crippen molar-refractivity contribution in [2.75, 3.05) is 0 Å². The van der Waals surface area contributed by atoms with E-state index >= 15 is 0 Å². The van der Waals surface area contributed by atoms with Crippen LogP contribution in [0.25, 0.3) is 0 Å². The molecule has 0 aliphatic heterocycles. The predicted octanol–water partition coefficient (Wildman–Crippen LogP) is 1.95. The van der Waals surface area contributed by atoms with E-state index in [1.54, 1.807) is 20.1 Å². The van der Waals surface area contributed by atoms with Gasteiger partial charge in [0.1, 0.15) is 0 Å². The van der Waals surface area contributed by atoms with E-state index in [1.807, 2.05) is 6.92 Å². The highest BCUT2D eigenvalue weighted by atomic mass is 16.4. The van der Waals surface area contributed by atoms with Gasteiger partial charge in [0.2, 0.25) is 0 Å². The number of carbonyl (C=O) groups is 1. The summed E-state index contributed by atoms with van der Waals surface area (Å²) >= 11 is 0. The summed E-state index contributed by atoms with van der Waals surface area (Å²) in [6.45, 7) is 5.16. The number of carboxylic acid groups (broad SMARTS) is 1. The highest BCUT2D eigenvalue weighted by Gasteiger charge is 2.31. The molecule has 0 aromatic carbocycles. The zero-order valence-electron chi connectivity index (χ0n) is 7.42. The van der Waals surface area contributed by atoms with E-state index in [1.165, 1.54) is 6.26 Å². The van der Waals surface area contributed by atoms with Crippen LogP contribution in [0.5, 0.6) is 0 Å². The molecule has 0 fully saturated rings. The summed E-state index contributed by atoms with van der Waals surface area (Å²) in [6, 6.07) is 0. The largest absolute Gasteiger partial charge is 0.481 e. The van der Waals surface area contributed by atoms with Crippen LogP contribution in [-0.2, 0) is 10.2 Å². The summed E-state index contributed by atoms with van der Waals surface area (Å²) in [5, 5.41) is 8.90. The Kier molecular flexibility index (Phi) is 1.96. The van der Waals surface area contributed by atoms with Crippen molar-refractivity contribution in [2.45, 2.75) is 26.2 Å². The fourth-order valence-corrected chi connectivity index (χ4v) is 1.12. The highest BCUT2D eigenvalue weighted by Crippen LogP contribution is 2.26. The Morgan fingerprint density at radius 1 is 1.50 bits per heavy atom. The van der Waals surface area contributed by atoms with Crippen LogP contribution in [0.4, 0.5) is 0 Å². The molecule has 0 atom stereocenters. The Morgan fingerprint density at radius 3 is 2.42 bits per heavy atom. The molecule has 1 N–H and O–H groups in total. The average Bonchev–Trinajstić information content (AvgIpc) is 2.35. The lowest BCUT2D eigenvalue weighted by Crippen LogP contribution is -2.28. The predicted molar refractivity (Wildman–Crippen MR) is 44.1 cm³/mol. The Balaban J connectivity index is 3.13. The molecule has 1 rings (SSSR count). The van der Waals surface area contributed by atoms with Gasteiger partial charge in [-0.15, -0.1) is 0 Å². The molecule has 0 aliphatic rings. The summed E-state index contributed by atoms with van der Waals surface area (Å²) in [6.07, 6.45) is 3.05. The third-order valence-electron chi connectivity index (χ3n) is 2.06. The maximum absolute atomic E-state index is 10.8. The van der Waals surface area contributed by atoms with Gasteiger partial charge in [-0.2, -0.15) is 0 Å². The molecule has 0 spiro atoms. The third kappa shape index (κ3) is 1.22. The molecule has 3 nitrogen and oxygen atoms in total. The SMILES string of the molecule is Cc1cocc1C(C)(C)C(=O)O. The normalized spacial score (nSPS) is 11.6. The summed E-state index contributed by atoms with van der Waals surface area (Å²) in [4.78, 5) is 10.8. The molecule has 0 saturated carbocycles. The molecule has 1 aromatic rings. The zero-order valence-corrected chi connectivity index (χ0v) is 7.42. The van der Waals surface area contributed by atoms with Gasteiger partial charge < -0.3 is 9.52 Å². The van der Waals surface area contributed by atoms with Gasteiger partial charge in [0.15, 0.2) is 0 Å². The maximum Gasteiger partial charge on any atom is 0.313 e. The van der Waals surface area contributed by atoms with Crippen molar-refractivity contribution in [2.24, 2.45) is 0 Å². The zero-order chi connectivity index (χ0) is 9.35. The second-order valence-corrected chi connectivity index (χ2v) is 3.40. The molecule has 12 heavy (non-hydrogen) atoms. The fraction of sp³-hybridized carbons (Fsp3) is 0.444. The van der Waals surface area contributed by atoms with Crippen molar-refractivity contribution >= 4 is 5.97 Å². The minimum absolute atomic E-state index is 0.731. The number of rotatable bonds is 2. The van der Waals surface area contributed by atoms with E-state index < -0.39 is 11.4 Å². The van der Waals surface area contributed by atoms with Gasteiger partial charge in [-0.05, 0) is 26.3 Å². The van der Waals surface area contributed by atoms with Crippen molar-refractivity contribution < 1.29 is 14.3 Å². The third-order valence-corrected chi connectivity index (χ3v) is 2.06. The van der Waals surface area contributed by atoms with Gasteiger partial charge in [-0.3, -0.25) is 4.79 Å². The molecule has 1 aromatic heterocycles. The summed E-state index contributed by atoms with van der Waals surface area (Å²) in [5.41, 5.74) is 0.745. The van der Waals surface area contributed by atoms with E-state index in [0.717, 1.165) is 11.1 Å². The van der Waals surface area contributed by atoms with Gasteiger partial charge in [-0.1, -0.05) is 0 Å². The molecule has 66 valence electrons. The van der Waals surface area contributed by atoms with Crippen molar-refractivity contribution in [3.05, 3.63) is 23.7 Å². The number of hydrogen-bond acceptors (Lipinski definition) is 2. The molecular formula is C9H12O3. The van der Waals surface area contributed by atoms with Crippen LogP contribution in [0.15, 0.2) is 16.9 Å². The molecule has 0 unspecified atom stereocenters. The van der Waals surface area contributed by atoms with E-state index in [9.17, 15) is 4.79 Å². The van der Waals surface area contributed by atoms with Gasteiger partial charge >= 0.3 is 5.97 Å². The van der Waals surface area contributed by atoms with Gasteiger partial charge in [-0.25, -0.2) is 0 Å². The van der Waals surface area contributed by atoms with Crippen LogP contribution in [0.2, 0.25) is 0 Å². The monoisotopic (exact) mass is 168 g/mol. The van der Waals surface area contributed by atoms with Crippen molar-refractivity contribution in [1.82, 2.24) is 0 Å². The molecule has 3 heteroatoms. The lowest BCUT2D eigenvalue weighted by Gasteiger charge is -2.17. The fourth-order valence-electron chi connectivity index (χ4n) is 1.12. The summed E-state index contributed by atoms with van der Waals surface area (Å²) < 4.78 is 4.92. The lowest BCUT2D eigenvalue weighted by atomic mass is 9.85. The number of aryl methyl sites for hydroxylation is 1. The molecular weight excluding hydrogens is 156 g/mol. The minimum Gasteiger partial charge on any atom is -0.481 e. The first-order valence-corrected chi connectivity index (χ1v) is 3.73. The first-order valence-electron chi connectivity index (χ1n) is 3.73. The molecule has 1 heterocycles. The molecule has 0 saturated heterocycles. The molecule has 0 bridgehead atoms. The molecule has 0 amide bonds. The first-order chi connectivity index (χ1) is 5.46. The van der Waals surface area contributed by atoms with E-state index in [2.05, 4.69) is 0 Å². The van der Waals surface area contributed by atoms with Crippen LogP contribution in [0.1, 0.15) is 25.0 Å². The summed E-state index contributed by atoms with van der Waals surface area (Å²) in [5.74, 6) is -0.841. The van der Waals surface area contributed by atoms with Crippen molar-refractivity contribution in [1.29, 1.82) is 0 Å². The van der Waals surface area contributed by atoms with Crippen LogP contribution >= 0.6 is 0 Å². The second kappa shape index (κ2) is 2.66. The van der Waals surface area contributed by atoms with E-state index in [-0.39, 0.29) is 0 Å². The topological polar surface area (TPSA) is 50.4 Å². The van der Waals surface area contributed by atoms with Crippen LogP contribution in [0.3, 0.4) is 0 Å². The quantitative estimate of drug-likeness (QED) is 0.734. The lowest BCUT2D eigenvalue weighted by molar-refractivity contribution is -0.142. The van der Waals surface area contributed by atoms with Gasteiger partial charge in [0.25, 0.3) is 0 Å². The maximum atomic E-state index is 10.8. The van der Waals surface area contributed by atoms with E-state index in [4.69, 9.17) is 9.52 Å². The van der Waals surface area contributed by atoms with Crippen molar-refractivity contribution in [3.63, 3.8) is 0 Å². The number of furan rings is 1. The van der Waals surface area contributed by atoms with Gasteiger partial charge in [0.05, 0.1) is 17.9 Å². The van der Waals surface area contributed by atoms with Crippen LogP contribution in [0, 0.1) is 6.92 Å². The number of aliphatic carboxylic acids is 1. The Hall–Kier alpha value is -1.25. The Bertz CT molecular complexity index is 296. The van der Waals surface area contributed by atoms with Crippen molar-refractivity contribution in [3.8, 4) is 0 Å². The Labute approximate surface area is 71.0 Å². The highest BCUT2D eigenvalue weighted by molar-refractivity contribution is 5.80. The Morgan fingerprint density at radius 2 is 2.08 bits per heavy atom. The number of hydrogen-bond donors (Lipinski definition) is 1. The second-order valence-electron chi connectivity index (χ2n) is 3.40. The van der Waals surface area contributed by atoms with Crippen LogP contribution < -0.4 is 0 Å². The molecule has 0 radical (unpaired) electrons. The average molecular weight is 168 g/mol.